The Morgan fingerprint density at radius 1 is 1.15 bits per heavy atom. The van der Waals surface area contributed by atoms with Crippen LogP contribution in [0.3, 0.4) is 0 Å². The molecule has 0 aromatic heterocycles. The van der Waals surface area contributed by atoms with E-state index in [4.69, 9.17) is 0 Å². The number of hydrogen-bond acceptors (Lipinski definition) is 3. The number of piperidine rings is 1. The third-order valence-electron chi connectivity index (χ3n) is 5.67. The van der Waals surface area contributed by atoms with E-state index in [2.05, 4.69) is 24.1 Å². The molecule has 3 heteroatoms. The largest absolute Gasteiger partial charge is 0.393 e. The molecule has 2 N–H and O–H groups in total. The molecule has 2 saturated heterocycles. The average Bonchev–Trinajstić information content (AvgIpc) is 3.18. The molecule has 0 spiro atoms. The second-order valence-corrected chi connectivity index (χ2v) is 7.90. The van der Waals surface area contributed by atoms with Gasteiger partial charge in [0, 0.05) is 31.2 Å². The number of rotatable bonds is 7. The molecule has 2 heterocycles. The highest BCUT2D eigenvalue weighted by atomic mass is 16.3. The molecule has 20 heavy (non-hydrogen) atoms. The predicted octanol–water partition coefficient (Wildman–Crippen LogP) is 2.53. The third kappa shape index (κ3) is 3.37. The lowest BCUT2D eigenvalue weighted by Gasteiger charge is -2.43. The van der Waals surface area contributed by atoms with Gasteiger partial charge in [-0.2, -0.15) is 0 Å². The van der Waals surface area contributed by atoms with E-state index < -0.39 is 0 Å². The summed E-state index contributed by atoms with van der Waals surface area (Å²) >= 11 is 0. The first-order valence-electron chi connectivity index (χ1n) is 8.77. The first kappa shape index (κ1) is 14.8. The molecule has 0 radical (unpaired) electrons. The van der Waals surface area contributed by atoms with Crippen LogP contribution < -0.4 is 5.32 Å². The maximum atomic E-state index is 9.95. The Labute approximate surface area is 124 Å². The Bertz CT molecular complexity index is 317. The number of nitrogens with zero attached hydrogens (tertiary/aromatic N) is 1. The number of nitrogens with one attached hydrogen (secondary N) is 1. The van der Waals surface area contributed by atoms with E-state index in [0.717, 1.165) is 18.9 Å². The number of hydrogen-bond donors (Lipinski definition) is 2. The van der Waals surface area contributed by atoms with Gasteiger partial charge in [0.15, 0.2) is 0 Å². The van der Waals surface area contributed by atoms with E-state index >= 15 is 0 Å². The molecule has 0 aromatic rings. The molecule has 3 atom stereocenters. The van der Waals surface area contributed by atoms with Crippen molar-refractivity contribution in [2.75, 3.05) is 13.1 Å². The molecule has 2 bridgehead atoms. The van der Waals surface area contributed by atoms with Crippen LogP contribution >= 0.6 is 0 Å². The standard InChI is InChI=1S/C17H32N2O/c1-3-8-17(2,11-18-13-4-5-13)12-19-14-6-7-15(19)10-16(20)9-14/h13-16,18,20H,3-12H2,1-2H3. The van der Waals surface area contributed by atoms with Gasteiger partial charge in [-0.3, -0.25) is 4.90 Å². The summed E-state index contributed by atoms with van der Waals surface area (Å²) in [7, 11) is 0. The van der Waals surface area contributed by atoms with Gasteiger partial charge in [0.25, 0.3) is 0 Å². The molecular weight excluding hydrogens is 248 g/mol. The van der Waals surface area contributed by atoms with Crippen molar-refractivity contribution in [3.05, 3.63) is 0 Å². The van der Waals surface area contributed by atoms with Crippen molar-refractivity contribution in [3.8, 4) is 0 Å². The summed E-state index contributed by atoms with van der Waals surface area (Å²) in [4.78, 5) is 2.75. The van der Waals surface area contributed by atoms with Crippen molar-refractivity contribution in [2.45, 2.75) is 89.4 Å². The van der Waals surface area contributed by atoms with E-state index in [0.29, 0.717) is 17.5 Å². The highest BCUT2D eigenvalue weighted by molar-refractivity contribution is 4.98. The molecule has 0 amide bonds. The zero-order valence-electron chi connectivity index (χ0n) is 13.3. The highest BCUT2D eigenvalue weighted by Gasteiger charge is 2.43. The van der Waals surface area contributed by atoms with E-state index in [1.165, 1.54) is 51.6 Å². The second-order valence-electron chi connectivity index (χ2n) is 7.90. The zero-order valence-corrected chi connectivity index (χ0v) is 13.3. The minimum Gasteiger partial charge on any atom is -0.393 e. The Hall–Kier alpha value is -0.120. The lowest BCUT2D eigenvalue weighted by Crippen LogP contribution is -2.51. The van der Waals surface area contributed by atoms with Crippen LogP contribution in [0.2, 0.25) is 0 Å². The molecule has 1 saturated carbocycles. The Morgan fingerprint density at radius 2 is 1.80 bits per heavy atom. The molecule has 3 fully saturated rings. The number of fused-ring (bicyclic) bond motifs is 2. The quantitative estimate of drug-likeness (QED) is 0.752. The molecule has 0 aromatic carbocycles. The first-order chi connectivity index (χ1) is 9.59. The smallest absolute Gasteiger partial charge is 0.0570 e. The van der Waals surface area contributed by atoms with Crippen LogP contribution in [-0.2, 0) is 0 Å². The third-order valence-corrected chi connectivity index (χ3v) is 5.67. The van der Waals surface area contributed by atoms with Crippen molar-refractivity contribution in [2.24, 2.45) is 5.41 Å². The van der Waals surface area contributed by atoms with Crippen molar-refractivity contribution in [1.29, 1.82) is 0 Å². The first-order valence-corrected chi connectivity index (χ1v) is 8.77. The van der Waals surface area contributed by atoms with Gasteiger partial charge in [0.1, 0.15) is 0 Å². The highest BCUT2D eigenvalue weighted by Crippen LogP contribution is 2.39. The van der Waals surface area contributed by atoms with Crippen molar-refractivity contribution in [3.63, 3.8) is 0 Å². The number of aliphatic hydroxyl groups is 1. The summed E-state index contributed by atoms with van der Waals surface area (Å²) < 4.78 is 0. The van der Waals surface area contributed by atoms with Gasteiger partial charge in [0.2, 0.25) is 0 Å². The fourth-order valence-corrected chi connectivity index (χ4v) is 4.45. The van der Waals surface area contributed by atoms with Crippen LogP contribution in [0.25, 0.3) is 0 Å². The van der Waals surface area contributed by atoms with E-state index in [-0.39, 0.29) is 6.10 Å². The molecule has 3 nitrogen and oxygen atoms in total. The lowest BCUT2D eigenvalue weighted by molar-refractivity contribution is 0.0107. The molecular formula is C17H32N2O. The van der Waals surface area contributed by atoms with E-state index in [9.17, 15) is 5.11 Å². The zero-order chi connectivity index (χ0) is 14.2. The van der Waals surface area contributed by atoms with Gasteiger partial charge in [-0.1, -0.05) is 20.3 Å². The summed E-state index contributed by atoms with van der Waals surface area (Å²) in [6, 6.07) is 2.12. The monoisotopic (exact) mass is 280 g/mol. The van der Waals surface area contributed by atoms with Crippen LogP contribution in [0.5, 0.6) is 0 Å². The summed E-state index contributed by atoms with van der Waals surface area (Å²) in [6.07, 6.45) is 9.93. The molecule has 3 rings (SSSR count). The van der Waals surface area contributed by atoms with E-state index in [1.54, 1.807) is 0 Å². The van der Waals surface area contributed by atoms with Crippen LogP contribution in [-0.4, -0.2) is 47.3 Å². The van der Waals surface area contributed by atoms with Crippen molar-refractivity contribution in [1.82, 2.24) is 10.2 Å². The fourth-order valence-electron chi connectivity index (χ4n) is 4.45. The van der Waals surface area contributed by atoms with Crippen molar-refractivity contribution >= 4 is 0 Å². The van der Waals surface area contributed by atoms with Gasteiger partial charge in [-0.05, 0) is 50.4 Å². The van der Waals surface area contributed by atoms with Gasteiger partial charge in [0.05, 0.1) is 6.10 Å². The van der Waals surface area contributed by atoms with Crippen LogP contribution in [0, 0.1) is 5.41 Å². The fraction of sp³-hybridized carbons (Fsp3) is 1.00. The second kappa shape index (κ2) is 5.94. The Kier molecular flexibility index (Phi) is 4.40. The minimum atomic E-state index is -0.0363. The topological polar surface area (TPSA) is 35.5 Å². The van der Waals surface area contributed by atoms with Crippen LogP contribution in [0.1, 0.15) is 65.2 Å². The summed E-state index contributed by atoms with van der Waals surface area (Å²) in [6.45, 7) is 7.17. The van der Waals surface area contributed by atoms with E-state index in [1.807, 2.05) is 0 Å². The molecule has 1 aliphatic carbocycles. The summed E-state index contributed by atoms with van der Waals surface area (Å²) in [5.41, 5.74) is 0.403. The average molecular weight is 280 g/mol. The van der Waals surface area contributed by atoms with Crippen LogP contribution in [0.4, 0.5) is 0 Å². The Morgan fingerprint density at radius 3 is 2.35 bits per heavy atom. The molecule has 3 aliphatic rings. The number of aliphatic hydroxyl groups excluding tert-OH is 1. The molecule has 2 aliphatic heterocycles. The summed E-state index contributed by atoms with van der Waals surface area (Å²) in [5.74, 6) is 0. The van der Waals surface area contributed by atoms with Gasteiger partial charge >= 0.3 is 0 Å². The normalized spacial score (nSPS) is 37.0. The maximum Gasteiger partial charge on any atom is 0.0570 e. The van der Waals surface area contributed by atoms with Crippen molar-refractivity contribution < 1.29 is 5.11 Å². The predicted molar refractivity (Wildman–Crippen MR) is 82.8 cm³/mol. The van der Waals surface area contributed by atoms with Crippen LogP contribution in [0.15, 0.2) is 0 Å². The summed E-state index contributed by atoms with van der Waals surface area (Å²) in [5, 5.41) is 13.7. The SMILES string of the molecule is CCCC(C)(CNC1CC1)CN1C2CCC1CC(O)C2. The molecule has 3 unspecified atom stereocenters. The van der Waals surface area contributed by atoms with Gasteiger partial charge < -0.3 is 10.4 Å². The Balaban J connectivity index is 1.60. The minimum absolute atomic E-state index is 0.0363. The molecule has 116 valence electrons. The maximum absolute atomic E-state index is 9.95. The van der Waals surface area contributed by atoms with Gasteiger partial charge in [-0.15, -0.1) is 0 Å². The lowest BCUT2D eigenvalue weighted by atomic mass is 9.83. The van der Waals surface area contributed by atoms with Gasteiger partial charge in [-0.25, -0.2) is 0 Å².